The number of hydrogen-bond acceptors (Lipinski definition) is 6. The van der Waals surface area contributed by atoms with Crippen LogP contribution in [0.3, 0.4) is 0 Å². The zero-order valence-electron chi connectivity index (χ0n) is 18.5. The molecule has 2 aromatic carbocycles. The Balaban J connectivity index is 2.14. The number of ether oxygens (including phenoxy) is 1. The monoisotopic (exact) mass is 427 g/mol. The van der Waals surface area contributed by atoms with E-state index < -0.39 is 17.0 Å². The lowest BCUT2D eigenvalue weighted by molar-refractivity contribution is -0.384. The van der Waals surface area contributed by atoms with Crippen molar-refractivity contribution < 1.29 is 19.2 Å². The summed E-state index contributed by atoms with van der Waals surface area (Å²) in [6, 6.07) is 13.4. The number of rotatable bonds is 9. The van der Waals surface area contributed by atoms with Crippen molar-refractivity contribution in [3.63, 3.8) is 0 Å². The van der Waals surface area contributed by atoms with Crippen molar-refractivity contribution in [1.29, 1.82) is 0 Å². The number of amides is 1. The summed E-state index contributed by atoms with van der Waals surface area (Å²) >= 11 is 0. The highest BCUT2D eigenvalue weighted by atomic mass is 16.6. The second-order valence-electron chi connectivity index (χ2n) is 7.81. The molecular weight excluding hydrogens is 398 g/mol. The molecule has 2 aromatic rings. The van der Waals surface area contributed by atoms with E-state index in [1.807, 2.05) is 58.0 Å². The van der Waals surface area contributed by atoms with Crippen LogP contribution in [0.5, 0.6) is 0 Å². The Hall–Kier alpha value is -3.42. The molecule has 0 bridgehead atoms. The van der Waals surface area contributed by atoms with Gasteiger partial charge >= 0.3 is 5.97 Å². The number of carbonyl (C=O) groups excluding carboxylic acids is 2. The molecule has 8 heteroatoms. The molecule has 2 rings (SSSR count). The number of anilines is 1. The molecule has 0 heterocycles. The first-order valence-electron chi connectivity index (χ1n) is 10.2. The molecule has 0 saturated carbocycles. The predicted octanol–water partition coefficient (Wildman–Crippen LogP) is 4.40. The van der Waals surface area contributed by atoms with Gasteiger partial charge in [-0.15, -0.1) is 0 Å². The van der Waals surface area contributed by atoms with Crippen LogP contribution in [0.2, 0.25) is 0 Å². The van der Waals surface area contributed by atoms with Crippen LogP contribution >= 0.6 is 0 Å². The average Bonchev–Trinajstić information content (AvgIpc) is 2.72. The van der Waals surface area contributed by atoms with Gasteiger partial charge in [0.15, 0.2) is 6.10 Å². The highest BCUT2D eigenvalue weighted by Crippen LogP contribution is 2.27. The molecule has 0 aliphatic carbocycles. The van der Waals surface area contributed by atoms with Gasteiger partial charge in [-0.25, -0.2) is 4.79 Å². The molecule has 1 amide bonds. The molecule has 1 atom stereocenters. The number of nitrogens with zero attached hydrogens (tertiary/aromatic N) is 2. The van der Waals surface area contributed by atoms with Crippen molar-refractivity contribution in [1.82, 2.24) is 4.90 Å². The molecule has 8 nitrogen and oxygen atoms in total. The molecule has 31 heavy (non-hydrogen) atoms. The van der Waals surface area contributed by atoms with Gasteiger partial charge in [-0.2, -0.15) is 0 Å². The molecule has 166 valence electrons. The fourth-order valence-electron chi connectivity index (χ4n) is 3.35. The van der Waals surface area contributed by atoms with Crippen LogP contribution in [-0.2, 0) is 16.1 Å². The van der Waals surface area contributed by atoms with Crippen LogP contribution in [-0.4, -0.2) is 39.9 Å². The molecule has 0 aromatic heterocycles. The Kier molecular flexibility index (Phi) is 8.13. The summed E-state index contributed by atoms with van der Waals surface area (Å²) in [7, 11) is 0. The van der Waals surface area contributed by atoms with Crippen LogP contribution in [0, 0.1) is 10.1 Å². The number of carbonyl (C=O) groups is 2. The smallest absolute Gasteiger partial charge is 0.339 e. The Morgan fingerprint density at radius 2 is 1.65 bits per heavy atom. The molecule has 0 aliphatic heterocycles. The molecule has 0 radical (unpaired) electrons. The average molecular weight is 428 g/mol. The second kappa shape index (κ2) is 10.6. The third-order valence-corrected chi connectivity index (χ3v) is 4.75. The largest absolute Gasteiger partial charge is 0.449 e. The van der Waals surface area contributed by atoms with Gasteiger partial charge in [0.2, 0.25) is 0 Å². The van der Waals surface area contributed by atoms with E-state index in [2.05, 4.69) is 5.32 Å². The minimum atomic E-state index is -1.01. The van der Waals surface area contributed by atoms with Crippen LogP contribution in [0.15, 0.2) is 48.5 Å². The topological polar surface area (TPSA) is 102 Å². The van der Waals surface area contributed by atoms with E-state index in [9.17, 15) is 19.7 Å². The van der Waals surface area contributed by atoms with Gasteiger partial charge in [0.1, 0.15) is 5.69 Å². The summed E-state index contributed by atoms with van der Waals surface area (Å²) < 4.78 is 5.31. The maximum Gasteiger partial charge on any atom is 0.339 e. The predicted molar refractivity (Wildman–Crippen MR) is 119 cm³/mol. The molecule has 0 fully saturated rings. The third-order valence-electron chi connectivity index (χ3n) is 4.75. The Labute approximate surface area is 182 Å². The summed E-state index contributed by atoms with van der Waals surface area (Å²) in [5.41, 5.74) is 1.03. The molecule has 1 N–H and O–H groups in total. The van der Waals surface area contributed by atoms with Crippen LogP contribution < -0.4 is 5.32 Å². The van der Waals surface area contributed by atoms with Crippen molar-refractivity contribution in [3.05, 3.63) is 69.8 Å². The van der Waals surface area contributed by atoms with E-state index >= 15 is 0 Å². The number of nitro groups is 1. The van der Waals surface area contributed by atoms with E-state index in [-0.39, 0.29) is 29.2 Å². The Morgan fingerprint density at radius 1 is 1.03 bits per heavy atom. The number of benzene rings is 2. The number of hydrogen-bond donors (Lipinski definition) is 1. The van der Waals surface area contributed by atoms with Gasteiger partial charge in [-0.05, 0) is 52.3 Å². The highest BCUT2D eigenvalue weighted by Gasteiger charge is 2.28. The van der Waals surface area contributed by atoms with E-state index in [1.165, 1.54) is 19.1 Å². The van der Waals surface area contributed by atoms with Crippen molar-refractivity contribution in [2.24, 2.45) is 0 Å². The van der Waals surface area contributed by atoms with Crippen LogP contribution in [0.25, 0.3) is 0 Å². The first-order valence-corrected chi connectivity index (χ1v) is 10.2. The first-order chi connectivity index (χ1) is 14.6. The minimum absolute atomic E-state index is 0.0113. The lowest BCUT2D eigenvalue weighted by Crippen LogP contribution is -2.47. The fourth-order valence-corrected chi connectivity index (χ4v) is 3.35. The van der Waals surface area contributed by atoms with E-state index in [4.69, 9.17) is 4.74 Å². The van der Waals surface area contributed by atoms with Gasteiger partial charge in [-0.3, -0.25) is 14.9 Å². The van der Waals surface area contributed by atoms with Gasteiger partial charge in [0.05, 0.1) is 10.5 Å². The normalized spacial score (nSPS) is 11.8. The summed E-state index contributed by atoms with van der Waals surface area (Å²) in [5, 5.41) is 14.6. The molecule has 0 unspecified atom stereocenters. The van der Waals surface area contributed by atoms with E-state index in [0.717, 1.165) is 11.6 Å². The third kappa shape index (κ3) is 6.28. The lowest BCUT2D eigenvalue weighted by Gasteiger charge is -2.32. The lowest BCUT2D eigenvalue weighted by atomic mass is 10.1. The number of nitro benzene ring substituents is 1. The maximum atomic E-state index is 12.7. The Bertz CT molecular complexity index is 920. The summed E-state index contributed by atoms with van der Waals surface area (Å²) in [6.07, 6.45) is -1.01. The molecule has 0 spiro atoms. The summed E-state index contributed by atoms with van der Waals surface area (Å²) in [5.74, 6) is -1.10. The van der Waals surface area contributed by atoms with E-state index in [0.29, 0.717) is 12.2 Å². The minimum Gasteiger partial charge on any atom is -0.449 e. The molecular formula is C23H29N3O5. The van der Waals surface area contributed by atoms with Gasteiger partial charge in [0, 0.05) is 24.7 Å². The zero-order valence-corrected chi connectivity index (χ0v) is 18.5. The van der Waals surface area contributed by atoms with Crippen molar-refractivity contribution in [3.8, 4) is 0 Å². The van der Waals surface area contributed by atoms with Crippen molar-refractivity contribution in [2.75, 3.05) is 5.32 Å². The van der Waals surface area contributed by atoms with Crippen molar-refractivity contribution in [2.45, 2.75) is 59.4 Å². The SMILES string of the molecule is CC(C)N(C(=O)[C@H](C)OC(=O)c1ccc(NCc2ccccc2)c([N+](=O)[O-])c1)C(C)C. The second-order valence-corrected chi connectivity index (χ2v) is 7.81. The zero-order chi connectivity index (χ0) is 23.1. The maximum absolute atomic E-state index is 12.7. The summed E-state index contributed by atoms with van der Waals surface area (Å²) in [4.78, 5) is 37.8. The molecule has 0 saturated heterocycles. The quantitative estimate of drug-likeness (QED) is 0.362. The standard InChI is InChI=1S/C23H29N3O5/c1-15(2)25(16(3)4)22(27)17(5)31-23(28)19-11-12-20(21(13-19)26(29)30)24-14-18-9-7-6-8-10-18/h6-13,15-17,24H,14H2,1-5H3/t17-/m0/s1. The first kappa shape index (κ1) is 23.9. The number of esters is 1. The van der Waals surface area contributed by atoms with Gasteiger partial charge in [0.25, 0.3) is 11.6 Å². The van der Waals surface area contributed by atoms with Gasteiger partial charge in [-0.1, -0.05) is 30.3 Å². The number of nitrogens with one attached hydrogen (secondary N) is 1. The highest BCUT2D eigenvalue weighted by molar-refractivity contribution is 5.93. The molecule has 0 aliphatic rings. The van der Waals surface area contributed by atoms with Crippen LogP contribution in [0.4, 0.5) is 11.4 Å². The fraction of sp³-hybridized carbons (Fsp3) is 0.391. The summed E-state index contributed by atoms with van der Waals surface area (Å²) in [6.45, 7) is 9.45. The van der Waals surface area contributed by atoms with E-state index in [1.54, 1.807) is 4.90 Å². The Morgan fingerprint density at radius 3 is 2.19 bits per heavy atom. The van der Waals surface area contributed by atoms with Crippen LogP contribution in [0.1, 0.15) is 50.5 Å². The van der Waals surface area contributed by atoms with Crippen molar-refractivity contribution >= 4 is 23.3 Å². The van der Waals surface area contributed by atoms with Gasteiger partial charge < -0.3 is 15.0 Å².